The number of nitriles is 2. The Morgan fingerprint density at radius 1 is 0.375 bits per heavy atom. The molecule has 2 aromatic heterocycles. The van der Waals surface area contributed by atoms with Crippen molar-refractivity contribution < 1.29 is 0 Å². The Balaban J connectivity index is 1.24. The molecular formula is C44H26N4. The molecule has 0 N–H and O–H groups in total. The Labute approximate surface area is 277 Å². The molecular weight excluding hydrogens is 585 g/mol. The van der Waals surface area contributed by atoms with Crippen molar-refractivity contribution in [3.05, 3.63) is 169 Å². The van der Waals surface area contributed by atoms with Gasteiger partial charge in [-0.3, -0.25) is 0 Å². The molecule has 222 valence electrons. The lowest BCUT2D eigenvalue weighted by Gasteiger charge is -2.16. The summed E-state index contributed by atoms with van der Waals surface area (Å²) in [5.74, 6) is 0. The monoisotopic (exact) mass is 610 g/mol. The zero-order valence-corrected chi connectivity index (χ0v) is 25.8. The lowest BCUT2D eigenvalue weighted by molar-refractivity contribution is 1.18. The van der Waals surface area contributed by atoms with Crippen LogP contribution in [-0.2, 0) is 0 Å². The lowest BCUT2D eigenvalue weighted by Crippen LogP contribution is -1.98. The van der Waals surface area contributed by atoms with E-state index >= 15 is 0 Å². The molecule has 0 saturated heterocycles. The molecule has 9 rings (SSSR count). The van der Waals surface area contributed by atoms with Crippen LogP contribution in [0, 0.1) is 22.7 Å². The van der Waals surface area contributed by atoms with Gasteiger partial charge in [-0.25, -0.2) is 0 Å². The zero-order valence-electron chi connectivity index (χ0n) is 25.8. The minimum atomic E-state index is 0.598. The van der Waals surface area contributed by atoms with Gasteiger partial charge < -0.3 is 9.13 Å². The highest BCUT2D eigenvalue weighted by Gasteiger charge is 2.17. The third-order valence-corrected chi connectivity index (χ3v) is 9.34. The fourth-order valence-electron chi connectivity index (χ4n) is 7.25. The second-order valence-corrected chi connectivity index (χ2v) is 12.0. The number of hydrogen-bond acceptors (Lipinski definition) is 2. The van der Waals surface area contributed by atoms with Gasteiger partial charge in [0.25, 0.3) is 0 Å². The van der Waals surface area contributed by atoms with Crippen molar-refractivity contribution in [1.29, 1.82) is 10.5 Å². The quantitative estimate of drug-likeness (QED) is 0.199. The number of nitrogens with zero attached hydrogens (tertiary/aromatic N) is 4. The molecule has 48 heavy (non-hydrogen) atoms. The maximum absolute atomic E-state index is 10.2. The van der Waals surface area contributed by atoms with Crippen LogP contribution in [-0.4, -0.2) is 9.13 Å². The summed E-state index contributed by atoms with van der Waals surface area (Å²) in [4.78, 5) is 0. The summed E-state index contributed by atoms with van der Waals surface area (Å²) in [7, 11) is 0. The minimum Gasteiger partial charge on any atom is -0.309 e. The summed E-state index contributed by atoms with van der Waals surface area (Å²) in [6.45, 7) is 0. The van der Waals surface area contributed by atoms with Gasteiger partial charge in [0, 0.05) is 32.8 Å². The first-order valence-electron chi connectivity index (χ1n) is 15.9. The van der Waals surface area contributed by atoms with Gasteiger partial charge in [-0.1, -0.05) is 91.0 Å². The van der Waals surface area contributed by atoms with Crippen molar-refractivity contribution in [1.82, 2.24) is 9.13 Å². The third kappa shape index (κ3) is 4.22. The zero-order chi connectivity index (χ0) is 32.2. The van der Waals surface area contributed by atoms with Crippen molar-refractivity contribution in [2.75, 3.05) is 0 Å². The van der Waals surface area contributed by atoms with Gasteiger partial charge >= 0.3 is 0 Å². The SMILES string of the molecule is N#Cc1cc(-c2cccc(-n3c4ccccc4c4ccc(C#N)cc43)c2)cc(-c2ccccc2-n2c3ccccc3c3ccccc32)c1. The van der Waals surface area contributed by atoms with E-state index in [9.17, 15) is 10.5 Å². The van der Waals surface area contributed by atoms with E-state index in [1.807, 2.05) is 42.5 Å². The summed E-state index contributed by atoms with van der Waals surface area (Å²) >= 11 is 0. The average molecular weight is 611 g/mol. The van der Waals surface area contributed by atoms with E-state index in [4.69, 9.17) is 0 Å². The molecule has 4 heteroatoms. The van der Waals surface area contributed by atoms with Gasteiger partial charge in [0.15, 0.2) is 0 Å². The molecule has 7 aromatic carbocycles. The fraction of sp³-hybridized carbons (Fsp3) is 0. The van der Waals surface area contributed by atoms with Gasteiger partial charge in [0.2, 0.25) is 0 Å². The molecule has 0 atom stereocenters. The topological polar surface area (TPSA) is 57.4 Å². The summed E-state index contributed by atoms with van der Waals surface area (Å²) in [6.07, 6.45) is 0. The van der Waals surface area contributed by atoms with E-state index in [1.54, 1.807) is 0 Å². The number of hydrogen-bond donors (Lipinski definition) is 0. The predicted molar refractivity (Wildman–Crippen MR) is 195 cm³/mol. The van der Waals surface area contributed by atoms with Crippen molar-refractivity contribution >= 4 is 43.6 Å². The van der Waals surface area contributed by atoms with E-state index in [0.717, 1.165) is 66.5 Å². The van der Waals surface area contributed by atoms with Crippen molar-refractivity contribution in [2.24, 2.45) is 0 Å². The maximum atomic E-state index is 10.2. The van der Waals surface area contributed by atoms with Crippen molar-refractivity contribution in [3.8, 4) is 45.8 Å². The number of aromatic nitrogens is 2. The summed E-state index contributed by atoms with van der Waals surface area (Å²) < 4.78 is 4.55. The Kier molecular flexibility index (Phi) is 6.22. The molecule has 2 heterocycles. The fourth-order valence-corrected chi connectivity index (χ4v) is 7.25. The Hall–Kier alpha value is -6.88. The van der Waals surface area contributed by atoms with Crippen LogP contribution >= 0.6 is 0 Å². The molecule has 0 aliphatic carbocycles. The molecule has 0 amide bonds. The van der Waals surface area contributed by atoms with E-state index in [0.29, 0.717) is 11.1 Å². The molecule has 0 spiro atoms. The Morgan fingerprint density at radius 2 is 0.958 bits per heavy atom. The highest BCUT2D eigenvalue weighted by Crippen LogP contribution is 2.38. The van der Waals surface area contributed by atoms with Crippen LogP contribution in [0.4, 0.5) is 0 Å². The molecule has 4 nitrogen and oxygen atoms in total. The highest BCUT2D eigenvalue weighted by atomic mass is 15.0. The average Bonchev–Trinajstić information content (AvgIpc) is 3.67. The van der Waals surface area contributed by atoms with Crippen LogP contribution < -0.4 is 0 Å². The third-order valence-electron chi connectivity index (χ3n) is 9.34. The van der Waals surface area contributed by atoms with E-state index in [1.165, 1.54) is 10.8 Å². The van der Waals surface area contributed by atoms with Crippen LogP contribution in [0.25, 0.3) is 77.2 Å². The summed E-state index contributed by atoms with van der Waals surface area (Å²) in [5.41, 5.74) is 11.6. The molecule has 0 radical (unpaired) electrons. The minimum absolute atomic E-state index is 0.598. The van der Waals surface area contributed by atoms with Crippen molar-refractivity contribution in [3.63, 3.8) is 0 Å². The van der Waals surface area contributed by atoms with E-state index < -0.39 is 0 Å². The van der Waals surface area contributed by atoms with Gasteiger partial charge in [0.05, 0.1) is 51.0 Å². The molecule has 0 fully saturated rings. The first-order valence-corrected chi connectivity index (χ1v) is 15.9. The van der Waals surface area contributed by atoms with Crippen LogP contribution in [0.2, 0.25) is 0 Å². The first-order chi connectivity index (χ1) is 23.7. The number of benzene rings is 7. The van der Waals surface area contributed by atoms with Crippen LogP contribution in [0.1, 0.15) is 11.1 Å². The van der Waals surface area contributed by atoms with E-state index in [-0.39, 0.29) is 0 Å². The van der Waals surface area contributed by atoms with Crippen LogP contribution in [0.5, 0.6) is 0 Å². The van der Waals surface area contributed by atoms with Crippen LogP contribution in [0.3, 0.4) is 0 Å². The molecule has 9 aromatic rings. The van der Waals surface area contributed by atoms with Crippen molar-refractivity contribution in [2.45, 2.75) is 0 Å². The normalized spacial score (nSPS) is 11.3. The van der Waals surface area contributed by atoms with Gasteiger partial charge in [-0.15, -0.1) is 0 Å². The van der Waals surface area contributed by atoms with Crippen LogP contribution in [0.15, 0.2) is 158 Å². The highest BCUT2D eigenvalue weighted by molar-refractivity contribution is 6.10. The second-order valence-electron chi connectivity index (χ2n) is 12.0. The lowest BCUT2D eigenvalue weighted by atomic mass is 9.95. The Bertz CT molecular complexity index is 2760. The molecule has 0 aliphatic heterocycles. The second kappa shape index (κ2) is 10.9. The predicted octanol–water partition coefficient (Wildman–Crippen LogP) is 11.0. The van der Waals surface area contributed by atoms with E-state index in [2.05, 4.69) is 137 Å². The number of fused-ring (bicyclic) bond motifs is 6. The molecule has 0 saturated carbocycles. The molecule has 0 aliphatic rings. The largest absolute Gasteiger partial charge is 0.309 e. The summed E-state index contributed by atoms with van der Waals surface area (Å²) in [5, 5.41) is 24.6. The number of rotatable bonds is 4. The Morgan fingerprint density at radius 3 is 1.65 bits per heavy atom. The van der Waals surface area contributed by atoms with Gasteiger partial charge in [-0.2, -0.15) is 10.5 Å². The maximum Gasteiger partial charge on any atom is 0.0992 e. The molecule has 0 unspecified atom stereocenters. The van der Waals surface area contributed by atoms with Gasteiger partial charge in [-0.05, 0) is 83.4 Å². The summed E-state index contributed by atoms with van der Waals surface area (Å²) in [6, 6.07) is 59.0. The number of para-hydroxylation sites is 4. The smallest absolute Gasteiger partial charge is 0.0992 e. The standard InChI is InChI=1S/C44H26N4/c45-27-29-20-21-39-38-15-2-6-17-41(38)47(44(39)24-29)34-11-9-10-31(26-34)32-22-30(28-46)23-33(25-32)35-12-1-5-16-40(35)48-42-18-7-3-13-36(42)37-14-4-8-19-43(37)48/h1-26H. The molecule has 0 bridgehead atoms. The van der Waals surface area contributed by atoms with Gasteiger partial charge in [0.1, 0.15) is 0 Å². The first kappa shape index (κ1) is 27.4.